The van der Waals surface area contributed by atoms with Crippen LogP contribution in [0.3, 0.4) is 0 Å². The smallest absolute Gasteiger partial charge is 0.293 e. The molecule has 1 aliphatic carbocycles. The highest BCUT2D eigenvalue weighted by molar-refractivity contribution is 5.95. The second kappa shape index (κ2) is 5.61. The first kappa shape index (κ1) is 14.5. The summed E-state index contributed by atoms with van der Waals surface area (Å²) >= 11 is 0. The molecule has 1 N–H and O–H groups in total. The van der Waals surface area contributed by atoms with Gasteiger partial charge in [0.2, 0.25) is 0 Å². The molecule has 1 aliphatic rings. The van der Waals surface area contributed by atoms with Crippen LogP contribution in [0, 0.1) is 15.5 Å². The van der Waals surface area contributed by atoms with Gasteiger partial charge in [-0.15, -0.1) is 0 Å². The van der Waals surface area contributed by atoms with Crippen LogP contribution < -0.4 is 5.32 Å². The molecule has 0 unspecified atom stereocenters. The number of nitrogens with one attached hydrogen (secondary N) is 1. The number of ketones is 1. The minimum Gasteiger partial charge on any atom is -0.379 e. The first-order chi connectivity index (χ1) is 9.41. The van der Waals surface area contributed by atoms with Gasteiger partial charge in [-0.05, 0) is 37.3 Å². The van der Waals surface area contributed by atoms with Crippen molar-refractivity contribution in [3.63, 3.8) is 0 Å². The van der Waals surface area contributed by atoms with Crippen molar-refractivity contribution >= 4 is 17.2 Å². The Morgan fingerprint density at radius 1 is 1.40 bits per heavy atom. The molecule has 0 saturated heterocycles. The molecule has 5 heteroatoms. The summed E-state index contributed by atoms with van der Waals surface area (Å²) in [4.78, 5) is 22.0. The number of hydrogen-bond donors (Lipinski definition) is 1. The highest BCUT2D eigenvalue weighted by Gasteiger charge is 2.29. The monoisotopic (exact) mass is 276 g/mol. The van der Waals surface area contributed by atoms with Crippen molar-refractivity contribution < 1.29 is 9.72 Å². The quantitative estimate of drug-likeness (QED) is 0.504. The Morgan fingerprint density at radius 3 is 2.60 bits per heavy atom. The van der Waals surface area contributed by atoms with Crippen molar-refractivity contribution in [3.05, 3.63) is 33.9 Å². The number of Topliss-reactive ketones (excluding diaryl/α,β-unsaturated/α-hetero) is 1. The number of nitrogens with zero attached hydrogens (tertiary/aromatic N) is 1. The minimum absolute atomic E-state index is 0.0284. The van der Waals surface area contributed by atoms with Crippen LogP contribution in [0.1, 0.15) is 49.9 Å². The number of nitro benzene ring substituents is 1. The molecular formula is C15H20N2O3. The summed E-state index contributed by atoms with van der Waals surface area (Å²) in [6.45, 7) is 4.35. The van der Waals surface area contributed by atoms with E-state index in [0.717, 1.165) is 19.4 Å². The summed E-state index contributed by atoms with van der Waals surface area (Å²) in [5, 5.41) is 14.3. The fourth-order valence-electron chi connectivity index (χ4n) is 2.77. The molecule has 0 aliphatic heterocycles. The van der Waals surface area contributed by atoms with Crippen LogP contribution in [0.4, 0.5) is 11.4 Å². The molecule has 2 rings (SSSR count). The molecule has 0 bridgehead atoms. The van der Waals surface area contributed by atoms with E-state index in [1.54, 1.807) is 12.1 Å². The maximum absolute atomic E-state index is 11.3. The zero-order valence-corrected chi connectivity index (χ0v) is 11.9. The second-order valence-corrected chi connectivity index (χ2v) is 5.92. The predicted octanol–water partition coefficient (Wildman–Crippen LogP) is 3.79. The van der Waals surface area contributed by atoms with Crippen LogP contribution >= 0.6 is 0 Å². The van der Waals surface area contributed by atoms with Crippen molar-refractivity contribution in [1.82, 2.24) is 0 Å². The summed E-state index contributed by atoms with van der Waals surface area (Å²) in [6, 6.07) is 4.61. The number of hydrogen-bond acceptors (Lipinski definition) is 4. The second-order valence-electron chi connectivity index (χ2n) is 5.92. The van der Waals surface area contributed by atoms with Gasteiger partial charge in [0, 0.05) is 18.2 Å². The van der Waals surface area contributed by atoms with E-state index in [1.807, 2.05) is 0 Å². The van der Waals surface area contributed by atoms with Gasteiger partial charge in [0.25, 0.3) is 5.69 Å². The number of nitro groups is 1. The molecule has 0 amide bonds. The first-order valence-electron chi connectivity index (χ1n) is 6.95. The summed E-state index contributed by atoms with van der Waals surface area (Å²) < 4.78 is 0. The molecule has 0 spiro atoms. The van der Waals surface area contributed by atoms with Gasteiger partial charge in [0.1, 0.15) is 5.69 Å². The van der Waals surface area contributed by atoms with E-state index in [-0.39, 0.29) is 16.9 Å². The molecule has 0 atom stereocenters. The van der Waals surface area contributed by atoms with Crippen LogP contribution in [0.2, 0.25) is 0 Å². The Labute approximate surface area is 118 Å². The van der Waals surface area contributed by atoms with Crippen molar-refractivity contribution in [2.45, 2.75) is 39.5 Å². The van der Waals surface area contributed by atoms with Gasteiger partial charge in [-0.25, -0.2) is 0 Å². The van der Waals surface area contributed by atoms with Gasteiger partial charge in [0.05, 0.1) is 4.92 Å². The summed E-state index contributed by atoms with van der Waals surface area (Å²) in [6.07, 6.45) is 4.76. The third-order valence-electron chi connectivity index (χ3n) is 4.12. The number of benzene rings is 1. The lowest BCUT2D eigenvalue weighted by Crippen LogP contribution is -2.23. The number of carbonyl (C=O) groups is 1. The summed E-state index contributed by atoms with van der Waals surface area (Å²) in [5.41, 5.74) is 1.05. The van der Waals surface area contributed by atoms with Gasteiger partial charge >= 0.3 is 0 Å². The van der Waals surface area contributed by atoms with Crippen molar-refractivity contribution in [1.29, 1.82) is 0 Å². The molecule has 1 aromatic carbocycles. The Kier molecular flexibility index (Phi) is 4.06. The lowest BCUT2D eigenvalue weighted by atomic mass is 9.89. The van der Waals surface area contributed by atoms with Crippen LogP contribution in [-0.2, 0) is 0 Å². The van der Waals surface area contributed by atoms with Gasteiger partial charge in [-0.1, -0.05) is 19.8 Å². The number of rotatable bonds is 5. The fraction of sp³-hybridized carbons (Fsp3) is 0.533. The average molecular weight is 276 g/mol. The van der Waals surface area contributed by atoms with E-state index in [2.05, 4.69) is 12.2 Å². The zero-order chi connectivity index (χ0) is 14.8. The van der Waals surface area contributed by atoms with E-state index < -0.39 is 4.92 Å². The molecule has 1 fully saturated rings. The van der Waals surface area contributed by atoms with Crippen LogP contribution in [0.15, 0.2) is 18.2 Å². The van der Waals surface area contributed by atoms with E-state index in [9.17, 15) is 14.9 Å². The number of carbonyl (C=O) groups excluding carboxylic acids is 1. The molecule has 5 nitrogen and oxygen atoms in total. The fourth-order valence-corrected chi connectivity index (χ4v) is 2.77. The zero-order valence-electron chi connectivity index (χ0n) is 11.9. The van der Waals surface area contributed by atoms with Gasteiger partial charge < -0.3 is 5.32 Å². The average Bonchev–Trinajstić information content (AvgIpc) is 2.83. The summed E-state index contributed by atoms with van der Waals surface area (Å²) in [5.74, 6) is -0.164. The maximum Gasteiger partial charge on any atom is 0.293 e. The van der Waals surface area contributed by atoms with Crippen LogP contribution in [0.5, 0.6) is 0 Å². The van der Waals surface area contributed by atoms with E-state index in [0.29, 0.717) is 11.3 Å². The van der Waals surface area contributed by atoms with Crippen molar-refractivity contribution in [3.8, 4) is 0 Å². The van der Waals surface area contributed by atoms with Gasteiger partial charge in [-0.3, -0.25) is 14.9 Å². The largest absolute Gasteiger partial charge is 0.379 e. The van der Waals surface area contributed by atoms with Gasteiger partial charge in [0.15, 0.2) is 5.78 Å². The molecule has 1 aromatic rings. The Bertz CT molecular complexity index is 534. The highest BCUT2D eigenvalue weighted by Crippen LogP contribution is 2.38. The minimum atomic E-state index is -0.439. The molecule has 108 valence electrons. The standard InChI is InChI=1S/C15H20N2O3/c1-11(18)12-5-6-13(14(9-12)17(19)20)16-10-15(2)7-3-4-8-15/h5-6,9,16H,3-4,7-8,10H2,1-2H3. The van der Waals surface area contributed by atoms with Crippen molar-refractivity contribution in [2.24, 2.45) is 5.41 Å². The Morgan fingerprint density at radius 2 is 2.05 bits per heavy atom. The predicted molar refractivity (Wildman–Crippen MR) is 78.2 cm³/mol. The van der Waals surface area contributed by atoms with Crippen molar-refractivity contribution in [2.75, 3.05) is 11.9 Å². The maximum atomic E-state index is 11.3. The third kappa shape index (κ3) is 3.15. The summed E-state index contributed by atoms with van der Waals surface area (Å²) in [7, 11) is 0. The van der Waals surface area contributed by atoms with E-state index >= 15 is 0 Å². The normalized spacial score (nSPS) is 16.9. The third-order valence-corrected chi connectivity index (χ3v) is 4.12. The molecule has 0 heterocycles. The molecule has 0 radical (unpaired) electrons. The van der Waals surface area contributed by atoms with E-state index in [4.69, 9.17) is 0 Å². The van der Waals surface area contributed by atoms with E-state index in [1.165, 1.54) is 25.8 Å². The Hall–Kier alpha value is -1.91. The lowest BCUT2D eigenvalue weighted by Gasteiger charge is -2.24. The van der Waals surface area contributed by atoms with Crippen LogP contribution in [-0.4, -0.2) is 17.3 Å². The van der Waals surface area contributed by atoms with Gasteiger partial charge in [-0.2, -0.15) is 0 Å². The Balaban J connectivity index is 2.18. The number of anilines is 1. The molecule has 1 saturated carbocycles. The topological polar surface area (TPSA) is 72.2 Å². The highest BCUT2D eigenvalue weighted by atomic mass is 16.6. The molecule has 0 aromatic heterocycles. The molecule has 20 heavy (non-hydrogen) atoms. The first-order valence-corrected chi connectivity index (χ1v) is 6.95. The lowest BCUT2D eigenvalue weighted by molar-refractivity contribution is -0.384. The molecular weight excluding hydrogens is 256 g/mol. The SMILES string of the molecule is CC(=O)c1ccc(NCC2(C)CCCC2)c([N+](=O)[O-])c1. The van der Waals surface area contributed by atoms with Crippen LogP contribution in [0.25, 0.3) is 0 Å².